The van der Waals surface area contributed by atoms with Crippen molar-refractivity contribution in [3.8, 4) is 0 Å². The van der Waals surface area contributed by atoms with Crippen molar-refractivity contribution >= 4 is 48.0 Å². The molecule has 0 atom stereocenters. The van der Waals surface area contributed by atoms with Crippen molar-refractivity contribution in [3.05, 3.63) is 27.1 Å². The van der Waals surface area contributed by atoms with Gasteiger partial charge < -0.3 is 9.64 Å². The number of nitrogens with zero attached hydrogens (tertiary/aromatic N) is 2. The maximum Gasteiger partial charge on any atom is 0.409 e. The highest BCUT2D eigenvalue weighted by atomic mass is 79.9. The van der Waals surface area contributed by atoms with Gasteiger partial charge in [0.2, 0.25) is 10.0 Å². The van der Waals surface area contributed by atoms with Crippen molar-refractivity contribution < 1.29 is 17.9 Å². The molecule has 6 nitrogen and oxygen atoms in total. The number of halogens is 2. The average Bonchev–Trinajstić information content (AvgIpc) is 2.50. The monoisotopic (exact) mass is 454 g/mol. The van der Waals surface area contributed by atoms with Crippen molar-refractivity contribution in [2.75, 3.05) is 32.8 Å². The molecule has 1 fully saturated rings. The molecule has 0 aromatic heterocycles. The fraction of sp³-hybridized carbons (Fsp3) is 0.462. The summed E-state index contributed by atoms with van der Waals surface area (Å²) < 4.78 is 32.9. The first-order valence-corrected chi connectivity index (χ1v) is 9.75. The van der Waals surface area contributed by atoms with Gasteiger partial charge in [-0.3, -0.25) is 0 Å². The molecule has 122 valence electrons. The summed E-state index contributed by atoms with van der Waals surface area (Å²) in [4.78, 5) is 13.4. The van der Waals surface area contributed by atoms with Gasteiger partial charge in [0.15, 0.2) is 0 Å². The minimum absolute atomic E-state index is 0.214. The summed E-state index contributed by atoms with van der Waals surface area (Å²) in [5.74, 6) is 0. The lowest BCUT2D eigenvalue weighted by Crippen LogP contribution is -2.50. The molecule has 0 aliphatic carbocycles. The first kappa shape index (κ1) is 17.7. The molecule has 9 heteroatoms. The Balaban J connectivity index is 2.13. The fourth-order valence-corrected chi connectivity index (χ4v) is 5.03. The van der Waals surface area contributed by atoms with Gasteiger partial charge in [-0.2, -0.15) is 4.31 Å². The molecule has 1 aromatic carbocycles. The zero-order valence-corrected chi connectivity index (χ0v) is 15.9. The van der Waals surface area contributed by atoms with Crippen molar-refractivity contribution in [2.24, 2.45) is 0 Å². The Bertz CT molecular complexity index is 658. The van der Waals surface area contributed by atoms with E-state index < -0.39 is 16.1 Å². The molecule has 2 rings (SSSR count). The van der Waals surface area contributed by atoms with Crippen LogP contribution in [0.1, 0.15) is 6.92 Å². The third-order valence-corrected chi connectivity index (χ3v) is 6.66. The fourth-order valence-electron chi connectivity index (χ4n) is 2.14. The standard InChI is InChI=1S/C13H16Br2N2O4S/c1-2-21-13(18)16-5-7-17(8-6-16)22(19,20)12-9-10(14)3-4-11(12)15/h3-4,9H,2,5-8H2,1H3. The number of sulfonamides is 1. The van der Waals surface area contributed by atoms with E-state index in [-0.39, 0.29) is 18.0 Å². The summed E-state index contributed by atoms with van der Waals surface area (Å²) in [6, 6.07) is 5.02. The van der Waals surface area contributed by atoms with Crippen molar-refractivity contribution in [1.82, 2.24) is 9.21 Å². The van der Waals surface area contributed by atoms with Gasteiger partial charge in [-0.25, -0.2) is 13.2 Å². The van der Waals surface area contributed by atoms with Gasteiger partial charge >= 0.3 is 6.09 Å². The van der Waals surface area contributed by atoms with Crippen LogP contribution in [-0.4, -0.2) is 56.5 Å². The van der Waals surface area contributed by atoms with Gasteiger partial charge in [0.1, 0.15) is 0 Å². The summed E-state index contributed by atoms with van der Waals surface area (Å²) in [6.07, 6.45) is -0.400. The zero-order valence-electron chi connectivity index (χ0n) is 12.0. The zero-order chi connectivity index (χ0) is 16.3. The quantitative estimate of drug-likeness (QED) is 0.702. The molecule has 1 aliphatic heterocycles. The van der Waals surface area contributed by atoms with Crippen LogP contribution in [0.25, 0.3) is 0 Å². The molecule has 0 unspecified atom stereocenters. The summed E-state index contributed by atoms with van der Waals surface area (Å²) in [6.45, 7) is 3.19. The Morgan fingerprint density at radius 1 is 1.23 bits per heavy atom. The highest BCUT2D eigenvalue weighted by Crippen LogP contribution is 2.28. The summed E-state index contributed by atoms with van der Waals surface area (Å²) >= 11 is 6.56. The Morgan fingerprint density at radius 3 is 2.45 bits per heavy atom. The molecule has 1 aromatic rings. The predicted molar refractivity (Wildman–Crippen MR) is 89.2 cm³/mol. The summed E-state index contributed by atoms with van der Waals surface area (Å²) in [5.41, 5.74) is 0. The molecule has 0 N–H and O–H groups in total. The number of rotatable bonds is 3. The lowest BCUT2D eigenvalue weighted by Gasteiger charge is -2.33. The van der Waals surface area contributed by atoms with Gasteiger partial charge in [-0.05, 0) is 41.1 Å². The number of carbonyl (C=O) groups excluding carboxylic acids is 1. The second kappa shape index (κ2) is 7.29. The molecule has 0 spiro atoms. The Labute approximate surface area is 146 Å². The lowest BCUT2D eigenvalue weighted by atomic mass is 10.4. The van der Waals surface area contributed by atoms with Crippen LogP contribution in [-0.2, 0) is 14.8 Å². The van der Waals surface area contributed by atoms with E-state index in [0.29, 0.717) is 28.6 Å². The van der Waals surface area contributed by atoms with E-state index in [4.69, 9.17) is 4.74 Å². The summed E-state index contributed by atoms with van der Waals surface area (Å²) in [5, 5.41) is 0. The topological polar surface area (TPSA) is 66.9 Å². The van der Waals surface area contributed by atoms with E-state index in [1.165, 1.54) is 9.21 Å². The number of hydrogen-bond donors (Lipinski definition) is 0. The highest BCUT2D eigenvalue weighted by Gasteiger charge is 2.31. The predicted octanol–water partition coefficient (Wildman–Crippen LogP) is 2.67. The highest BCUT2D eigenvalue weighted by molar-refractivity contribution is 9.11. The molecule has 1 aliphatic rings. The van der Waals surface area contributed by atoms with E-state index in [1.54, 1.807) is 25.1 Å². The molecule has 1 saturated heterocycles. The molecule has 0 bridgehead atoms. The molecule has 1 amide bonds. The Morgan fingerprint density at radius 2 is 1.86 bits per heavy atom. The molecular weight excluding hydrogens is 440 g/mol. The Kier molecular flexibility index (Phi) is 5.87. The van der Waals surface area contributed by atoms with Gasteiger partial charge in [0, 0.05) is 35.1 Å². The number of ether oxygens (including phenoxy) is 1. The summed E-state index contributed by atoms with van der Waals surface area (Å²) in [7, 11) is -3.60. The van der Waals surface area contributed by atoms with Crippen LogP contribution < -0.4 is 0 Å². The van der Waals surface area contributed by atoms with E-state index >= 15 is 0 Å². The smallest absolute Gasteiger partial charge is 0.409 e. The van der Waals surface area contributed by atoms with E-state index in [2.05, 4.69) is 31.9 Å². The molecule has 1 heterocycles. The Hall–Kier alpha value is -0.640. The molecule has 22 heavy (non-hydrogen) atoms. The van der Waals surface area contributed by atoms with Crippen LogP contribution >= 0.6 is 31.9 Å². The molecule has 0 radical (unpaired) electrons. The lowest BCUT2D eigenvalue weighted by molar-refractivity contribution is 0.0934. The SMILES string of the molecule is CCOC(=O)N1CCN(S(=O)(=O)c2cc(Br)ccc2Br)CC1. The van der Waals surface area contributed by atoms with Crippen LogP contribution in [0.3, 0.4) is 0 Å². The first-order valence-electron chi connectivity index (χ1n) is 6.73. The molecule has 0 saturated carbocycles. The van der Waals surface area contributed by atoms with Crippen LogP contribution in [0.15, 0.2) is 32.0 Å². The minimum Gasteiger partial charge on any atom is -0.450 e. The second-order valence-electron chi connectivity index (χ2n) is 4.66. The number of benzene rings is 1. The molecular formula is C13H16Br2N2O4S. The van der Waals surface area contributed by atoms with Gasteiger partial charge in [-0.1, -0.05) is 15.9 Å². The van der Waals surface area contributed by atoms with E-state index in [1.807, 2.05) is 0 Å². The second-order valence-corrected chi connectivity index (χ2v) is 8.34. The van der Waals surface area contributed by atoms with E-state index in [0.717, 1.165) is 0 Å². The van der Waals surface area contributed by atoms with Crippen molar-refractivity contribution in [1.29, 1.82) is 0 Å². The largest absolute Gasteiger partial charge is 0.450 e. The third kappa shape index (κ3) is 3.81. The van der Waals surface area contributed by atoms with Crippen LogP contribution in [0.2, 0.25) is 0 Å². The first-order chi connectivity index (χ1) is 10.4. The van der Waals surface area contributed by atoms with Crippen LogP contribution in [0.4, 0.5) is 4.79 Å². The average molecular weight is 456 g/mol. The van der Waals surface area contributed by atoms with Crippen molar-refractivity contribution in [2.45, 2.75) is 11.8 Å². The number of piperazine rings is 1. The number of hydrogen-bond acceptors (Lipinski definition) is 4. The number of carbonyl (C=O) groups is 1. The van der Waals surface area contributed by atoms with Gasteiger partial charge in [-0.15, -0.1) is 0 Å². The van der Waals surface area contributed by atoms with E-state index in [9.17, 15) is 13.2 Å². The maximum atomic E-state index is 12.7. The van der Waals surface area contributed by atoms with Crippen LogP contribution in [0.5, 0.6) is 0 Å². The van der Waals surface area contributed by atoms with Crippen LogP contribution in [0, 0.1) is 0 Å². The number of amides is 1. The maximum absolute atomic E-state index is 12.7. The normalized spacial score (nSPS) is 16.6. The van der Waals surface area contributed by atoms with Crippen molar-refractivity contribution in [3.63, 3.8) is 0 Å². The minimum atomic E-state index is -3.60. The van der Waals surface area contributed by atoms with Gasteiger partial charge in [0.25, 0.3) is 0 Å². The van der Waals surface area contributed by atoms with Gasteiger partial charge in [0.05, 0.1) is 11.5 Å². The third-order valence-electron chi connectivity index (χ3n) is 3.28.